The maximum Gasteiger partial charge on any atom is 0.256 e. The number of amides is 1. The van der Waals surface area contributed by atoms with E-state index in [2.05, 4.69) is 18.3 Å². The molecule has 3 rings (SSSR count). The van der Waals surface area contributed by atoms with Crippen LogP contribution in [0.3, 0.4) is 0 Å². The molecule has 7 heteroatoms. The van der Waals surface area contributed by atoms with Gasteiger partial charge in [-0.2, -0.15) is 5.26 Å². The molecule has 142 valence electrons. The molecule has 1 heterocycles. The van der Waals surface area contributed by atoms with Gasteiger partial charge < -0.3 is 10.1 Å². The number of carbonyl (C=O) groups is 1. The second-order valence-electron chi connectivity index (χ2n) is 6.45. The molecule has 0 atom stereocenters. The van der Waals surface area contributed by atoms with E-state index in [4.69, 9.17) is 27.9 Å². The van der Waals surface area contributed by atoms with Crippen molar-refractivity contribution in [3.8, 4) is 11.8 Å². The molecule has 4 nitrogen and oxygen atoms in total. The first-order valence-electron chi connectivity index (χ1n) is 9.03. The van der Waals surface area contributed by atoms with Crippen LogP contribution in [0.5, 0.6) is 5.75 Å². The Bertz CT molecular complexity index is 879. The number of rotatable bonds is 6. The van der Waals surface area contributed by atoms with Gasteiger partial charge in [-0.25, -0.2) is 0 Å². The number of hydrogen-bond donors (Lipinski definition) is 1. The summed E-state index contributed by atoms with van der Waals surface area (Å²) in [6, 6.07) is 5.34. The van der Waals surface area contributed by atoms with E-state index < -0.39 is 0 Å². The first-order chi connectivity index (χ1) is 13.0. The Morgan fingerprint density at radius 1 is 1.30 bits per heavy atom. The second-order valence-corrected chi connectivity index (χ2v) is 8.37. The SMILES string of the molecule is CCCCOc1c(Cl)cc(C(=O)Nc2sc3c(c2C#N)CCCC3)cc1Cl. The van der Waals surface area contributed by atoms with Crippen molar-refractivity contribution in [1.82, 2.24) is 0 Å². The van der Waals surface area contributed by atoms with Crippen molar-refractivity contribution in [3.63, 3.8) is 0 Å². The lowest BCUT2D eigenvalue weighted by Gasteiger charge is -2.11. The van der Waals surface area contributed by atoms with E-state index in [1.54, 1.807) is 12.1 Å². The maximum atomic E-state index is 12.7. The Kier molecular flexibility index (Phi) is 6.64. The van der Waals surface area contributed by atoms with Crippen LogP contribution in [0.15, 0.2) is 12.1 Å². The number of fused-ring (bicyclic) bond motifs is 1. The number of anilines is 1. The lowest BCUT2D eigenvalue weighted by Crippen LogP contribution is -2.12. The number of hydrogen-bond acceptors (Lipinski definition) is 4. The van der Waals surface area contributed by atoms with Crippen LogP contribution < -0.4 is 10.1 Å². The Balaban J connectivity index is 1.81. The standard InChI is InChI=1S/C20H20Cl2N2O2S/c1-2-3-8-26-18-15(21)9-12(10-16(18)22)19(25)24-20-14(11-23)13-6-4-5-7-17(13)27-20/h9-10H,2-8H2,1H3,(H,24,25). The first kappa shape index (κ1) is 20.0. The fraction of sp³-hybridized carbons (Fsp3) is 0.400. The van der Waals surface area contributed by atoms with Gasteiger partial charge in [-0.05, 0) is 49.8 Å². The van der Waals surface area contributed by atoms with E-state index in [0.29, 0.717) is 38.5 Å². The van der Waals surface area contributed by atoms with Crippen molar-refractivity contribution in [2.75, 3.05) is 11.9 Å². The molecule has 1 aliphatic rings. The number of nitriles is 1. The van der Waals surface area contributed by atoms with Gasteiger partial charge in [0.1, 0.15) is 11.1 Å². The monoisotopic (exact) mass is 422 g/mol. The third-order valence-corrected chi connectivity index (χ3v) is 6.28. The van der Waals surface area contributed by atoms with E-state index >= 15 is 0 Å². The Labute approximate surface area is 173 Å². The number of carbonyl (C=O) groups excluding carboxylic acids is 1. The molecule has 1 aromatic carbocycles. The van der Waals surface area contributed by atoms with Gasteiger partial charge in [0.05, 0.1) is 22.2 Å². The molecular formula is C20H20Cl2N2O2S. The highest BCUT2D eigenvalue weighted by atomic mass is 35.5. The fourth-order valence-corrected chi connectivity index (χ4v) is 4.93. The minimum atomic E-state index is -0.339. The first-order valence-corrected chi connectivity index (χ1v) is 10.6. The van der Waals surface area contributed by atoms with Crippen molar-refractivity contribution in [1.29, 1.82) is 5.26 Å². The molecule has 0 fully saturated rings. The van der Waals surface area contributed by atoms with Gasteiger partial charge in [0, 0.05) is 10.4 Å². The van der Waals surface area contributed by atoms with Crippen LogP contribution in [0.4, 0.5) is 5.00 Å². The molecule has 0 radical (unpaired) electrons. The molecule has 1 aromatic heterocycles. The molecule has 1 aliphatic carbocycles. The predicted octanol–water partition coefficient (Wildman–Crippen LogP) is 6.24. The number of halogens is 2. The number of aryl methyl sites for hydroxylation is 1. The van der Waals surface area contributed by atoms with Gasteiger partial charge in [-0.1, -0.05) is 36.5 Å². The van der Waals surface area contributed by atoms with Crippen LogP contribution in [-0.2, 0) is 12.8 Å². The fourth-order valence-electron chi connectivity index (χ4n) is 3.09. The number of nitrogens with zero attached hydrogens (tertiary/aromatic N) is 1. The summed E-state index contributed by atoms with van der Waals surface area (Å²) in [5, 5.41) is 13.6. The molecule has 0 saturated carbocycles. The molecule has 0 spiro atoms. The van der Waals surface area contributed by atoms with Crippen LogP contribution in [0.25, 0.3) is 0 Å². The lowest BCUT2D eigenvalue weighted by molar-refractivity contribution is 0.102. The molecule has 1 amide bonds. The summed E-state index contributed by atoms with van der Waals surface area (Å²) in [4.78, 5) is 13.9. The minimum absolute atomic E-state index is 0.301. The summed E-state index contributed by atoms with van der Waals surface area (Å²) >= 11 is 14.0. The van der Waals surface area contributed by atoms with Crippen molar-refractivity contribution in [2.24, 2.45) is 0 Å². The summed E-state index contributed by atoms with van der Waals surface area (Å²) in [6.07, 6.45) is 5.96. The van der Waals surface area contributed by atoms with Gasteiger partial charge in [-0.3, -0.25) is 4.79 Å². The van der Waals surface area contributed by atoms with Crippen molar-refractivity contribution < 1.29 is 9.53 Å². The number of ether oxygens (including phenoxy) is 1. The predicted molar refractivity (Wildman–Crippen MR) is 110 cm³/mol. The van der Waals surface area contributed by atoms with Crippen LogP contribution in [0, 0.1) is 11.3 Å². The summed E-state index contributed by atoms with van der Waals surface area (Å²) < 4.78 is 5.62. The van der Waals surface area contributed by atoms with E-state index in [1.807, 2.05) is 0 Å². The second kappa shape index (κ2) is 8.97. The third kappa shape index (κ3) is 4.40. The van der Waals surface area contributed by atoms with E-state index in [-0.39, 0.29) is 5.91 Å². The minimum Gasteiger partial charge on any atom is -0.490 e. The van der Waals surface area contributed by atoms with Crippen LogP contribution in [0.2, 0.25) is 10.0 Å². The molecule has 1 N–H and O–H groups in total. The molecule has 0 saturated heterocycles. The Hall–Kier alpha value is -1.74. The molecular weight excluding hydrogens is 403 g/mol. The van der Waals surface area contributed by atoms with Gasteiger partial charge in [0.25, 0.3) is 5.91 Å². The molecule has 0 aliphatic heterocycles. The zero-order chi connectivity index (χ0) is 19.4. The summed E-state index contributed by atoms with van der Waals surface area (Å²) in [5.41, 5.74) is 2.00. The highest BCUT2D eigenvalue weighted by Gasteiger charge is 2.23. The van der Waals surface area contributed by atoms with E-state index in [1.165, 1.54) is 16.2 Å². The van der Waals surface area contributed by atoms with E-state index in [9.17, 15) is 10.1 Å². The zero-order valence-corrected chi connectivity index (χ0v) is 17.4. The Morgan fingerprint density at radius 3 is 2.67 bits per heavy atom. The highest BCUT2D eigenvalue weighted by Crippen LogP contribution is 2.38. The van der Waals surface area contributed by atoms with Crippen LogP contribution >= 0.6 is 34.5 Å². The summed E-state index contributed by atoms with van der Waals surface area (Å²) in [5.74, 6) is 0.0571. The van der Waals surface area contributed by atoms with Gasteiger partial charge in [0.15, 0.2) is 5.75 Å². The Morgan fingerprint density at radius 2 is 2.00 bits per heavy atom. The summed E-state index contributed by atoms with van der Waals surface area (Å²) in [7, 11) is 0. The zero-order valence-electron chi connectivity index (χ0n) is 15.0. The third-order valence-electron chi connectivity index (χ3n) is 4.51. The normalized spacial score (nSPS) is 13.0. The van der Waals surface area contributed by atoms with E-state index in [0.717, 1.165) is 44.1 Å². The van der Waals surface area contributed by atoms with Gasteiger partial charge >= 0.3 is 0 Å². The van der Waals surface area contributed by atoms with Crippen molar-refractivity contribution >= 4 is 45.4 Å². The lowest BCUT2D eigenvalue weighted by atomic mass is 9.96. The van der Waals surface area contributed by atoms with Gasteiger partial charge in [0.2, 0.25) is 0 Å². The number of unbranched alkanes of at least 4 members (excludes halogenated alkanes) is 1. The maximum absolute atomic E-state index is 12.7. The van der Waals surface area contributed by atoms with Crippen LogP contribution in [0.1, 0.15) is 59.0 Å². The molecule has 27 heavy (non-hydrogen) atoms. The topological polar surface area (TPSA) is 62.1 Å². The average molecular weight is 423 g/mol. The number of nitrogens with one attached hydrogen (secondary N) is 1. The number of thiophene rings is 1. The average Bonchev–Trinajstić information content (AvgIpc) is 3.00. The molecule has 2 aromatic rings. The molecule has 0 bridgehead atoms. The summed E-state index contributed by atoms with van der Waals surface area (Å²) in [6.45, 7) is 2.59. The van der Waals surface area contributed by atoms with Crippen LogP contribution in [-0.4, -0.2) is 12.5 Å². The smallest absolute Gasteiger partial charge is 0.256 e. The highest BCUT2D eigenvalue weighted by molar-refractivity contribution is 7.16. The van der Waals surface area contributed by atoms with Crippen molar-refractivity contribution in [2.45, 2.75) is 45.4 Å². The largest absolute Gasteiger partial charge is 0.490 e. The van der Waals surface area contributed by atoms with Gasteiger partial charge in [-0.15, -0.1) is 11.3 Å². The molecule has 0 unspecified atom stereocenters. The quantitative estimate of drug-likeness (QED) is 0.560. The number of benzene rings is 1. The van der Waals surface area contributed by atoms with Crippen molar-refractivity contribution in [3.05, 3.63) is 43.7 Å².